The minimum atomic E-state index is -0.110. The van der Waals surface area contributed by atoms with Gasteiger partial charge in [-0.25, -0.2) is 4.98 Å². The van der Waals surface area contributed by atoms with Crippen LogP contribution in [-0.4, -0.2) is 59.4 Å². The number of oxazole rings is 1. The van der Waals surface area contributed by atoms with E-state index >= 15 is 0 Å². The van der Waals surface area contributed by atoms with Crippen molar-refractivity contribution in [2.75, 3.05) is 44.8 Å². The van der Waals surface area contributed by atoms with Crippen molar-refractivity contribution in [2.24, 2.45) is 0 Å². The van der Waals surface area contributed by atoms with Crippen molar-refractivity contribution in [3.63, 3.8) is 0 Å². The molecule has 0 unspecified atom stereocenters. The van der Waals surface area contributed by atoms with Gasteiger partial charge in [0.2, 0.25) is 5.89 Å². The van der Waals surface area contributed by atoms with Crippen LogP contribution in [0.4, 0.5) is 5.69 Å². The summed E-state index contributed by atoms with van der Waals surface area (Å²) in [6, 6.07) is 4.10. The van der Waals surface area contributed by atoms with E-state index in [1.165, 1.54) is 0 Å². The maximum Gasteiger partial charge on any atom is 0.200 e. The van der Waals surface area contributed by atoms with E-state index in [-0.39, 0.29) is 5.41 Å². The van der Waals surface area contributed by atoms with Gasteiger partial charge in [-0.05, 0) is 31.6 Å². The molecule has 1 N–H and O–H groups in total. The Morgan fingerprint density at radius 2 is 1.92 bits per heavy atom. The smallest absolute Gasteiger partial charge is 0.200 e. The second kappa shape index (κ2) is 7.13. The number of piperazine rings is 1. The van der Waals surface area contributed by atoms with Gasteiger partial charge in [-0.1, -0.05) is 20.8 Å². The van der Waals surface area contributed by atoms with Gasteiger partial charge in [-0.2, -0.15) is 0 Å². The van der Waals surface area contributed by atoms with Gasteiger partial charge in [0.15, 0.2) is 10.7 Å². The molecule has 3 rings (SSSR count). The quantitative estimate of drug-likeness (QED) is 0.630. The summed E-state index contributed by atoms with van der Waals surface area (Å²) in [4.78, 5) is 10.3. The van der Waals surface area contributed by atoms with Crippen molar-refractivity contribution in [2.45, 2.75) is 31.1 Å². The number of benzene rings is 1. The van der Waals surface area contributed by atoms with E-state index in [0.29, 0.717) is 0 Å². The maximum absolute atomic E-state index is 5.99. The van der Waals surface area contributed by atoms with Crippen LogP contribution in [0.25, 0.3) is 11.1 Å². The van der Waals surface area contributed by atoms with Crippen LogP contribution in [0.1, 0.15) is 26.7 Å². The highest BCUT2D eigenvalue weighted by Gasteiger charge is 2.22. The molecular weight excluding hydrogens is 352 g/mol. The van der Waals surface area contributed by atoms with E-state index in [9.17, 15) is 0 Å². The van der Waals surface area contributed by atoms with Crippen molar-refractivity contribution in [3.05, 3.63) is 18.0 Å². The summed E-state index contributed by atoms with van der Waals surface area (Å²) in [5.41, 5.74) is 2.57. The van der Waals surface area contributed by atoms with Gasteiger partial charge >= 0.3 is 0 Å². The van der Waals surface area contributed by atoms with Gasteiger partial charge in [0.05, 0.1) is 5.69 Å². The fourth-order valence-electron chi connectivity index (χ4n) is 2.75. The Labute approximate surface area is 159 Å². The highest BCUT2D eigenvalue weighted by Crippen LogP contribution is 2.33. The van der Waals surface area contributed by atoms with E-state index in [2.05, 4.69) is 60.2 Å². The first-order chi connectivity index (χ1) is 11.8. The summed E-state index contributed by atoms with van der Waals surface area (Å²) in [6.07, 6.45) is 2.07. The second-order valence-corrected chi connectivity index (χ2v) is 8.74. The number of aromatic nitrogens is 1. The molecule has 1 saturated heterocycles. The molecule has 1 aliphatic heterocycles. The number of nitrogens with zero attached hydrogens (tertiary/aromatic N) is 3. The van der Waals surface area contributed by atoms with Crippen molar-refractivity contribution >= 4 is 45.9 Å². The van der Waals surface area contributed by atoms with Crippen molar-refractivity contribution in [1.82, 2.24) is 14.8 Å². The first-order valence-corrected chi connectivity index (χ1v) is 10.1. The molecule has 7 heteroatoms. The van der Waals surface area contributed by atoms with Crippen molar-refractivity contribution in [3.8, 4) is 0 Å². The van der Waals surface area contributed by atoms with Crippen LogP contribution in [0.2, 0.25) is 0 Å². The lowest BCUT2D eigenvalue weighted by molar-refractivity contribution is 0.217. The first kappa shape index (κ1) is 18.5. The molecule has 136 valence electrons. The summed E-state index contributed by atoms with van der Waals surface area (Å²) >= 11 is 7.32. The third-order valence-electron chi connectivity index (χ3n) is 4.38. The molecule has 1 fully saturated rings. The van der Waals surface area contributed by atoms with Gasteiger partial charge in [-0.3, -0.25) is 0 Å². The topological polar surface area (TPSA) is 44.5 Å². The number of hydrogen-bond donors (Lipinski definition) is 1. The number of thiocarbonyl (C=S) groups is 1. The number of likely N-dealkylation sites (N-methyl/N-ethyl adjacent to an activating group) is 1. The molecule has 5 nitrogen and oxygen atoms in total. The highest BCUT2D eigenvalue weighted by molar-refractivity contribution is 7.98. The van der Waals surface area contributed by atoms with Crippen LogP contribution in [0.3, 0.4) is 0 Å². The molecule has 0 saturated carbocycles. The zero-order valence-electron chi connectivity index (χ0n) is 15.5. The fourth-order valence-corrected chi connectivity index (χ4v) is 3.60. The monoisotopic (exact) mass is 378 g/mol. The fraction of sp³-hybridized carbons (Fsp3) is 0.556. The number of fused-ring (bicyclic) bond motifs is 1. The van der Waals surface area contributed by atoms with E-state index in [1.807, 2.05) is 6.07 Å². The maximum atomic E-state index is 5.99. The summed E-state index contributed by atoms with van der Waals surface area (Å²) < 4.78 is 5.99. The van der Waals surface area contributed by atoms with Gasteiger partial charge in [0.25, 0.3) is 0 Å². The van der Waals surface area contributed by atoms with Crippen LogP contribution < -0.4 is 5.32 Å². The van der Waals surface area contributed by atoms with Crippen molar-refractivity contribution < 1.29 is 4.42 Å². The SMILES string of the molecule is CSc1cc2nc(C(C)(C)C)oc2cc1NC(=S)N1CCN(C)CC1. The Morgan fingerprint density at radius 3 is 2.52 bits per heavy atom. The average molecular weight is 379 g/mol. The molecule has 0 amide bonds. The van der Waals surface area contributed by atoms with Crippen LogP contribution >= 0.6 is 24.0 Å². The number of nitrogens with one attached hydrogen (secondary N) is 1. The summed E-state index contributed by atoms with van der Waals surface area (Å²) in [6.45, 7) is 10.3. The lowest BCUT2D eigenvalue weighted by Crippen LogP contribution is -2.48. The van der Waals surface area contributed by atoms with Crippen LogP contribution in [0, 0.1) is 0 Å². The molecule has 2 aromatic rings. The minimum Gasteiger partial charge on any atom is -0.440 e. The lowest BCUT2D eigenvalue weighted by Gasteiger charge is -2.34. The Kier molecular flexibility index (Phi) is 5.27. The molecular formula is C18H26N4OS2. The summed E-state index contributed by atoms with van der Waals surface area (Å²) in [5, 5.41) is 4.19. The third-order valence-corrected chi connectivity index (χ3v) is 5.52. The predicted octanol–water partition coefficient (Wildman–Crippen LogP) is 3.79. The average Bonchev–Trinajstić information content (AvgIpc) is 2.97. The molecule has 2 heterocycles. The molecule has 1 aliphatic rings. The van der Waals surface area contributed by atoms with Crippen LogP contribution in [-0.2, 0) is 5.41 Å². The molecule has 1 aromatic heterocycles. The second-order valence-electron chi connectivity index (χ2n) is 7.51. The van der Waals surface area contributed by atoms with Gasteiger partial charge < -0.3 is 19.5 Å². The molecule has 25 heavy (non-hydrogen) atoms. The minimum absolute atomic E-state index is 0.110. The standard InChI is InChI=1S/C18H26N4OS2/c1-18(2,3)16-19-12-11-15(25-5)13(10-14(12)23-16)20-17(24)22-8-6-21(4)7-9-22/h10-11H,6-9H2,1-5H3,(H,20,24). The highest BCUT2D eigenvalue weighted by atomic mass is 32.2. The Balaban J connectivity index is 1.86. The number of anilines is 1. The summed E-state index contributed by atoms with van der Waals surface area (Å²) in [7, 11) is 2.14. The normalized spacial score (nSPS) is 16.4. The largest absolute Gasteiger partial charge is 0.440 e. The zero-order valence-corrected chi connectivity index (χ0v) is 17.2. The molecule has 0 aliphatic carbocycles. The first-order valence-electron chi connectivity index (χ1n) is 8.51. The Bertz CT molecular complexity index is 773. The summed E-state index contributed by atoms with van der Waals surface area (Å²) in [5.74, 6) is 0.758. The molecule has 0 spiro atoms. The van der Waals surface area contributed by atoms with Gasteiger partial charge in [0, 0.05) is 42.6 Å². The van der Waals surface area contributed by atoms with Crippen LogP contribution in [0.5, 0.6) is 0 Å². The molecule has 0 radical (unpaired) electrons. The van der Waals surface area contributed by atoms with Gasteiger partial charge in [0.1, 0.15) is 5.52 Å². The molecule has 0 bridgehead atoms. The van der Waals surface area contributed by atoms with E-state index < -0.39 is 0 Å². The Morgan fingerprint density at radius 1 is 1.24 bits per heavy atom. The molecule has 1 aromatic carbocycles. The number of thioether (sulfide) groups is 1. The number of hydrogen-bond acceptors (Lipinski definition) is 5. The van der Waals surface area contributed by atoms with E-state index in [0.717, 1.165) is 58.9 Å². The lowest BCUT2D eigenvalue weighted by atomic mass is 9.97. The van der Waals surface area contributed by atoms with E-state index in [1.54, 1.807) is 11.8 Å². The molecule has 0 atom stereocenters. The third kappa shape index (κ3) is 4.10. The number of rotatable bonds is 2. The van der Waals surface area contributed by atoms with Gasteiger partial charge in [-0.15, -0.1) is 11.8 Å². The van der Waals surface area contributed by atoms with Crippen molar-refractivity contribution in [1.29, 1.82) is 0 Å². The van der Waals surface area contributed by atoms with Crippen LogP contribution in [0.15, 0.2) is 21.4 Å². The van der Waals surface area contributed by atoms with E-state index in [4.69, 9.17) is 16.6 Å². The zero-order chi connectivity index (χ0) is 18.2. The Hall–Kier alpha value is -1.31. The predicted molar refractivity (Wildman–Crippen MR) is 110 cm³/mol.